The van der Waals surface area contributed by atoms with Crippen LogP contribution in [0.5, 0.6) is 0 Å². The molecule has 2 aromatic heterocycles. The molecule has 0 bridgehead atoms. The zero-order valence-corrected chi connectivity index (χ0v) is 19.2. The largest absolute Gasteiger partial charge is 0.481 e. The molecular formula is C25H28N4O5. The van der Waals surface area contributed by atoms with E-state index in [4.69, 9.17) is 9.26 Å². The van der Waals surface area contributed by atoms with E-state index >= 15 is 0 Å². The van der Waals surface area contributed by atoms with Crippen LogP contribution in [0.3, 0.4) is 0 Å². The molecule has 2 atom stereocenters. The number of aromatic nitrogens is 2. The van der Waals surface area contributed by atoms with Crippen molar-refractivity contribution in [3.8, 4) is 11.3 Å². The molecule has 0 radical (unpaired) electrons. The lowest BCUT2D eigenvalue weighted by atomic mass is 10.1. The summed E-state index contributed by atoms with van der Waals surface area (Å²) in [5, 5.41) is 19.1. The molecule has 1 saturated carbocycles. The first-order valence-electron chi connectivity index (χ1n) is 11.3. The number of pyridine rings is 1. The Morgan fingerprint density at radius 2 is 1.97 bits per heavy atom. The molecule has 1 aromatic carbocycles. The molecule has 3 aromatic rings. The molecule has 1 fully saturated rings. The number of carboxylic acid groups (broad SMARTS) is 1. The van der Waals surface area contributed by atoms with Crippen molar-refractivity contribution in [3.63, 3.8) is 0 Å². The second kappa shape index (κ2) is 10.4. The Bertz CT molecular complexity index is 1130. The zero-order chi connectivity index (χ0) is 24.1. The predicted molar refractivity (Wildman–Crippen MR) is 126 cm³/mol. The van der Waals surface area contributed by atoms with Crippen LogP contribution in [0, 0.1) is 12.8 Å². The molecule has 0 spiro atoms. The van der Waals surface area contributed by atoms with Crippen molar-refractivity contribution in [1.29, 1.82) is 0 Å². The molecule has 34 heavy (non-hydrogen) atoms. The van der Waals surface area contributed by atoms with Gasteiger partial charge in [-0.15, -0.1) is 0 Å². The van der Waals surface area contributed by atoms with Gasteiger partial charge < -0.3 is 19.7 Å². The number of amides is 1. The first-order valence-corrected chi connectivity index (χ1v) is 11.3. The third kappa shape index (κ3) is 6.12. The van der Waals surface area contributed by atoms with Crippen molar-refractivity contribution < 1.29 is 24.0 Å². The SMILES string of the molecule is Cc1noc(-c2ccc(NC(CC(=O)O)CC3CC3)nc2)c1NC(=O)OC(C)c1ccccc1. The topological polar surface area (TPSA) is 127 Å². The van der Waals surface area contributed by atoms with Crippen LogP contribution in [0.1, 0.15) is 50.0 Å². The van der Waals surface area contributed by atoms with Gasteiger partial charge >= 0.3 is 12.1 Å². The van der Waals surface area contributed by atoms with E-state index in [0.29, 0.717) is 34.4 Å². The fourth-order valence-electron chi connectivity index (χ4n) is 3.78. The molecule has 1 aliphatic carbocycles. The van der Waals surface area contributed by atoms with Crippen LogP contribution in [0.25, 0.3) is 11.3 Å². The quantitative estimate of drug-likeness (QED) is 0.363. The Kier molecular flexibility index (Phi) is 7.10. The van der Waals surface area contributed by atoms with Gasteiger partial charge in [0.15, 0.2) is 5.76 Å². The highest BCUT2D eigenvalue weighted by molar-refractivity contribution is 5.90. The standard InChI is InChI=1S/C25H28N4O5/c1-15-23(28-25(32)33-16(2)18-6-4-3-5-7-18)24(34-29-15)19-10-11-21(26-14-19)27-20(13-22(30)31)12-17-8-9-17/h3-7,10-11,14,16-17,20H,8-9,12-13H2,1-2H3,(H,26,27)(H,28,32)(H,30,31). The maximum Gasteiger partial charge on any atom is 0.412 e. The van der Waals surface area contributed by atoms with Crippen LogP contribution in [-0.2, 0) is 9.53 Å². The van der Waals surface area contributed by atoms with Crippen LogP contribution >= 0.6 is 0 Å². The number of carboxylic acids is 1. The first kappa shape index (κ1) is 23.3. The van der Waals surface area contributed by atoms with Gasteiger partial charge in [0, 0.05) is 17.8 Å². The Balaban J connectivity index is 1.42. The average molecular weight is 465 g/mol. The number of aryl methyl sites for hydroxylation is 1. The van der Waals surface area contributed by atoms with Crippen LogP contribution in [0.15, 0.2) is 53.2 Å². The van der Waals surface area contributed by atoms with E-state index in [2.05, 4.69) is 20.8 Å². The molecule has 0 saturated heterocycles. The first-order chi connectivity index (χ1) is 16.4. The minimum Gasteiger partial charge on any atom is -0.481 e. The normalized spacial score (nSPS) is 14.8. The fraction of sp³-hybridized carbons (Fsp3) is 0.360. The maximum atomic E-state index is 12.5. The number of hydrogen-bond acceptors (Lipinski definition) is 7. The van der Waals surface area contributed by atoms with E-state index in [9.17, 15) is 14.7 Å². The summed E-state index contributed by atoms with van der Waals surface area (Å²) in [6.45, 7) is 3.52. The van der Waals surface area contributed by atoms with E-state index in [1.807, 2.05) is 30.3 Å². The number of hydrogen-bond donors (Lipinski definition) is 3. The number of ether oxygens (including phenoxy) is 1. The number of carbonyl (C=O) groups is 2. The van der Waals surface area contributed by atoms with E-state index in [1.165, 1.54) is 0 Å². The van der Waals surface area contributed by atoms with E-state index in [-0.39, 0.29) is 12.5 Å². The highest BCUT2D eigenvalue weighted by Gasteiger charge is 2.27. The Morgan fingerprint density at radius 1 is 1.21 bits per heavy atom. The van der Waals surface area contributed by atoms with Crippen LogP contribution in [-0.4, -0.2) is 33.4 Å². The van der Waals surface area contributed by atoms with Gasteiger partial charge in [-0.1, -0.05) is 48.3 Å². The molecule has 1 amide bonds. The summed E-state index contributed by atoms with van der Waals surface area (Å²) in [4.78, 5) is 28.1. The highest BCUT2D eigenvalue weighted by Crippen LogP contribution is 2.35. The van der Waals surface area contributed by atoms with Crippen LogP contribution in [0.2, 0.25) is 0 Å². The fourth-order valence-corrected chi connectivity index (χ4v) is 3.78. The number of aliphatic carboxylic acids is 1. The molecule has 9 heteroatoms. The van der Waals surface area contributed by atoms with Crippen molar-refractivity contribution in [1.82, 2.24) is 10.1 Å². The number of benzene rings is 1. The third-order valence-electron chi connectivity index (χ3n) is 5.76. The molecule has 4 rings (SSSR count). The lowest BCUT2D eigenvalue weighted by molar-refractivity contribution is -0.137. The van der Waals surface area contributed by atoms with Crippen LogP contribution in [0.4, 0.5) is 16.3 Å². The van der Waals surface area contributed by atoms with Gasteiger partial charge in [-0.3, -0.25) is 10.1 Å². The minimum absolute atomic E-state index is 0.0405. The van der Waals surface area contributed by atoms with E-state index in [0.717, 1.165) is 24.8 Å². The predicted octanol–water partition coefficient (Wildman–Crippen LogP) is 5.41. The molecule has 0 aliphatic heterocycles. The Labute approximate surface area is 197 Å². The van der Waals surface area contributed by atoms with Crippen molar-refractivity contribution >= 4 is 23.6 Å². The van der Waals surface area contributed by atoms with Crippen molar-refractivity contribution in [2.24, 2.45) is 5.92 Å². The van der Waals surface area contributed by atoms with Gasteiger partial charge in [-0.25, -0.2) is 9.78 Å². The second-order valence-electron chi connectivity index (χ2n) is 8.61. The van der Waals surface area contributed by atoms with Gasteiger partial charge in [-0.2, -0.15) is 0 Å². The third-order valence-corrected chi connectivity index (χ3v) is 5.76. The maximum absolute atomic E-state index is 12.5. The zero-order valence-electron chi connectivity index (χ0n) is 19.2. The second-order valence-corrected chi connectivity index (χ2v) is 8.61. The molecule has 1 aliphatic rings. The molecule has 3 N–H and O–H groups in total. The van der Waals surface area contributed by atoms with Gasteiger partial charge in [-0.05, 0) is 43.9 Å². The van der Waals surface area contributed by atoms with Crippen molar-refractivity contribution in [2.45, 2.75) is 51.7 Å². The number of nitrogens with one attached hydrogen (secondary N) is 2. The summed E-state index contributed by atoms with van der Waals surface area (Å²) in [5.41, 5.74) is 2.42. The summed E-state index contributed by atoms with van der Waals surface area (Å²) in [6, 6.07) is 12.8. The lowest BCUT2D eigenvalue weighted by Crippen LogP contribution is -2.24. The van der Waals surface area contributed by atoms with Crippen molar-refractivity contribution in [2.75, 3.05) is 10.6 Å². The highest BCUT2D eigenvalue weighted by atomic mass is 16.6. The van der Waals surface area contributed by atoms with Gasteiger partial charge in [0.05, 0.1) is 6.42 Å². The molecule has 2 unspecified atom stereocenters. The summed E-state index contributed by atoms with van der Waals surface area (Å²) >= 11 is 0. The monoisotopic (exact) mass is 464 g/mol. The molecule has 2 heterocycles. The van der Waals surface area contributed by atoms with Gasteiger partial charge in [0.2, 0.25) is 0 Å². The van der Waals surface area contributed by atoms with E-state index < -0.39 is 18.2 Å². The Hall–Kier alpha value is -3.88. The summed E-state index contributed by atoms with van der Waals surface area (Å²) < 4.78 is 10.9. The number of rotatable bonds is 10. The van der Waals surface area contributed by atoms with Gasteiger partial charge in [0.25, 0.3) is 0 Å². The number of nitrogens with zero attached hydrogens (tertiary/aromatic N) is 2. The Morgan fingerprint density at radius 3 is 2.62 bits per heavy atom. The summed E-state index contributed by atoms with van der Waals surface area (Å²) in [7, 11) is 0. The van der Waals surface area contributed by atoms with Crippen LogP contribution < -0.4 is 10.6 Å². The number of carbonyl (C=O) groups excluding carboxylic acids is 1. The lowest BCUT2D eigenvalue weighted by Gasteiger charge is -2.17. The summed E-state index contributed by atoms with van der Waals surface area (Å²) in [5.74, 6) is 0.695. The summed E-state index contributed by atoms with van der Waals surface area (Å²) in [6.07, 6.45) is 3.71. The molecule has 9 nitrogen and oxygen atoms in total. The van der Waals surface area contributed by atoms with Gasteiger partial charge in [0.1, 0.15) is 23.3 Å². The number of anilines is 2. The van der Waals surface area contributed by atoms with E-state index in [1.54, 1.807) is 32.2 Å². The smallest absolute Gasteiger partial charge is 0.412 e. The molecule has 178 valence electrons. The van der Waals surface area contributed by atoms with Crippen molar-refractivity contribution in [3.05, 3.63) is 59.9 Å². The molecular weight excluding hydrogens is 436 g/mol. The average Bonchev–Trinajstić information content (AvgIpc) is 3.56. The minimum atomic E-state index is -0.837.